The molecule has 0 aliphatic carbocycles. The summed E-state index contributed by atoms with van der Waals surface area (Å²) in [4.78, 5) is 2.07. The number of benzene rings is 1. The van der Waals surface area contributed by atoms with Gasteiger partial charge < -0.3 is 10.3 Å². The molecule has 0 heterocycles. The maximum Gasteiger partial charge on any atom is 0.0386 e. The number of hydrogen-bond acceptors (Lipinski definition) is 2. The fraction of sp³-hybridized carbons (Fsp3) is 0.462. The van der Waals surface area contributed by atoms with Crippen molar-refractivity contribution in [3.63, 3.8) is 0 Å². The van der Waals surface area contributed by atoms with Gasteiger partial charge in [-0.1, -0.05) is 25.5 Å². The monoisotopic (exact) mass is 204 g/mol. The van der Waals surface area contributed by atoms with Gasteiger partial charge in [-0.15, -0.1) is 0 Å². The van der Waals surface area contributed by atoms with Gasteiger partial charge in [0.2, 0.25) is 0 Å². The van der Waals surface area contributed by atoms with E-state index in [9.17, 15) is 0 Å². The second kappa shape index (κ2) is 5.54. The van der Waals surface area contributed by atoms with Crippen LogP contribution >= 0.6 is 0 Å². The predicted octanol–water partition coefficient (Wildman–Crippen LogP) is 3.31. The van der Waals surface area contributed by atoms with Crippen molar-refractivity contribution in [3.8, 4) is 0 Å². The van der Waals surface area contributed by atoms with Gasteiger partial charge in [-0.05, 0) is 30.5 Å². The lowest BCUT2D eigenvalue weighted by Gasteiger charge is -2.12. The van der Waals surface area contributed by atoms with Crippen molar-refractivity contribution in [1.29, 1.82) is 5.41 Å². The molecule has 0 bridgehead atoms. The summed E-state index contributed by atoms with van der Waals surface area (Å²) in [5.74, 6) is 0. The summed E-state index contributed by atoms with van der Waals surface area (Å²) >= 11 is 0. The summed E-state index contributed by atoms with van der Waals surface area (Å²) in [5, 5.41) is 7.90. The van der Waals surface area contributed by atoms with Crippen molar-refractivity contribution in [2.75, 3.05) is 19.0 Å². The van der Waals surface area contributed by atoms with E-state index in [1.807, 2.05) is 26.2 Å². The van der Waals surface area contributed by atoms with E-state index in [-0.39, 0.29) is 0 Å². The van der Waals surface area contributed by atoms with Crippen molar-refractivity contribution in [1.82, 2.24) is 0 Å². The Bertz CT molecular complexity index is 312. The summed E-state index contributed by atoms with van der Waals surface area (Å²) in [5.41, 5.74) is 2.98. The van der Waals surface area contributed by atoms with Crippen molar-refractivity contribution in [2.24, 2.45) is 0 Å². The smallest absolute Gasteiger partial charge is 0.0386 e. The number of unbranched alkanes of at least 4 members (excludes halogenated alkanes) is 1. The van der Waals surface area contributed by atoms with Crippen molar-refractivity contribution in [2.45, 2.75) is 26.2 Å². The zero-order valence-electron chi connectivity index (χ0n) is 9.88. The third-order valence-corrected chi connectivity index (χ3v) is 2.51. The van der Waals surface area contributed by atoms with Crippen LogP contribution in [0.15, 0.2) is 24.3 Å². The van der Waals surface area contributed by atoms with Crippen LogP contribution in [-0.2, 0) is 0 Å². The molecule has 0 saturated carbocycles. The maximum atomic E-state index is 7.90. The minimum atomic E-state index is 0.752. The van der Waals surface area contributed by atoms with E-state index in [0.29, 0.717) is 0 Å². The molecule has 0 unspecified atom stereocenters. The number of hydrogen-bond donors (Lipinski definition) is 1. The Kier molecular flexibility index (Phi) is 4.35. The zero-order valence-corrected chi connectivity index (χ0v) is 9.88. The molecule has 1 aromatic carbocycles. The van der Waals surface area contributed by atoms with Gasteiger partial charge in [0.1, 0.15) is 0 Å². The van der Waals surface area contributed by atoms with E-state index in [1.54, 1.807) is 0 Å². The van der Waals surface area contributed by atoms with Gasteiger partial charge in [0.15, 0.2) is 0 Å². The molecule has 0 saturated heterocycles. The number of anilines is 1. The highest BCUT2D eigenvalue weighted by Crippen LogP contribution is 2.14. The van der Waals surface area contributed by atoms with Crippen LogP contribution in [0.25, 0.3) is 0 Å². The zero-order chi connectivity index (χ0) is 11.3. The molecule has 0 atom stereocenters. The van der Waals surface area contributed by atoms with Gasteiger partial charge in [0.05, 0.1) is 0 Å². The van der Waals surface area contributed by atoms with Crippen LogP contribution in [0.4, 0.5) is 5.69 Å². The molecule has 15 heavy (non-hydrogen) atoms. The first-order valence-electron chi connectivity index (χ1n) is 5.50. The quantitative estimate of drug-likeness (QED) is 0.732. The Morgan fingerprint density at radius 1 is 1.20 bits per heavy atom. The summed E-state index contributed by atoms with van der Waals surface area (Å²) in [6, 6.07) is 8.20. The Morgan fingerprint density at radius 2 is 1.80 bits per heavy atom. The molecule has 2 nitrogen and oxygen atoms in total. The van der Waals surface area contributed by atoms with Crippen molar-refractivity contribution in [3.05, 3.63) is 29.8 Å². The van der Waals surface area contributed by atoms with Gasteiger partial charge in [-0.3, -0.25) is 0 Å². The molecular formula is C13H20N2. The van der Waals surface area contributed by atoms with Crippen LogP contribution in [0.2, 0.25) is 0 Å². The SMILES string of the molecule is CCCCC(=N)c1ccc(N(C)C)cc1. The minimum Gasteiger partial charge on any atom is -0.378 e. The molecule has 82 valence electrons. The third kappa shape index (κ3) is 3.39. The standard InChI is InChI=1S/C13H20N2/c1-4-5-6-13(14)11-7-9-12(10-8-11)15(2)3/h7-10,14H,4-6H2,1-3H3. The average molecular weight is 204 g/mol. The van der Waals surface area contributed by atoms with Crippen LogP contribution in [0.3, 0.4) is 0 Å². The lowest BCUT2D eigenvalue weighted by Crippen LogP contribution is -2.08. The molecule has 0 radical (unpaired) electrons. The Hall–Kier alpha value is -1.31. The normalized spacial score (nSPS) is 10.1. The maximum absolute atomic E-state index is 7.90. The molecule has 0 amide bonds. The molecular weight excluding hydrogens is 184 g/mol. The second-order valence-corrected chi connectivity index (χ2v) is 4.02. The molecule has 1 N–H and O–H groups in total. The van der Waals surface area contributed by atoms with Crippen molar-refractivity contribution >= 4 is 11.4 Å². The van der Waals surface area contributed by atoms with Crippen LogP contribution in [-0.4, -0.2) is 19.8 Å². The summed E-state index contributed by atoms with van der Waals surface area (Å²) in [7, 11) is 4.05. The molecule has 0 spiro atoms. The third-order valence-electron chi connectivity index (χ3n) is 2.51. The van der Waals surface area contributed by atoms with Gasteiger partial charge in [-0.25, -0.2) is 0 Å². The first-order chi connectivity index (χ1) is 7.15. The molecule has 0 aromatic heterocycles. The van der Waals surface area contributed by atoms with Crippen LogP contribution in [0.1, 0.15) is 31.7 Å². The highest BCUT2D eigenvalue weighted by molar-refractivity contribution is 5.98. The van der Waals surface area contributed by atoms with Gasteiger partial charge in [-0.2, -0.15) is 0 Å². The Labute approximate surface area is 92.4 Å². The topological polar surface area (TPSA) is 27.1 Å². The number of rotatable bonds is 5. The fourth-order valence-electron chi connectivity index (χ4n) is 1.46. The van der Waals surface area contributed by atoms with Crippen LogP contribution < -0.4 is 4.90 Å². The molecule has 0 aliphatic rings. The van der Waals surface area contributed by atoms with E-state index in [0.717, 1.165) is 30.5 Å². The summed E-state index contributed by atoms with van der Waals surface area (Å²) in [6.07, 6.45) is 3.14. The first-order valence-corrected chi connectivity index (χ1v) is 5.50. The largest absolute Gasteiger partial charge is 0.378 e. The van der Waals surface area contributed by atoms with E-state index < -0.39 is 0 Å². The predicted molar refractivity (Wildman–Crippen MR) is 67.1 cm³/mol. The highest BCUT2D eigenvalue weighted by atomic mass is 15.1. The molecule has 0 aliphatic heterocycles. The lowest BCUT2D eigenvalue weighted by molar-refractivity contribution is 0.833. The van der Waals surface area contributed by atoms with E-state index >= 15 is 0 Å². The van der Waals surface area contributed by atoms with Crippen LogP contribution in [0, 0.1) is 5.41 Å². The molecule has 0 fully saturated rings. The second-order valence-electron chi connectivity index (χ2n) is 4.02. The van der Waals surface area contributed by atoms with Gasteiger partial charge >= 0.3 is 0 Å². The Morgan fingerprint density at radius 3 is 2.27 bits per heavy atom. The average Bonchev–Trinajstić information content (AvgIpc) is 2.26. The molecule has 1 aromatic rings. The highest BCUT2D eigenvalue weighted by Gasteiger charge is 2.01. The van der Waals surface area contributed by atoms with Crippen molar-refractivity contribution < 1.29 is 0 Å². The molecule has 1 rings (SSSR count). The lowest BCUT2D eigenvalue weighted by atomic mass is 10.0. The van der Waals surface area contributed by atoms with E-state index in [4.69, 9.17) is 5.41 Å². The van der Waals surface area contributed by atoms with Gasteiger partial charge in [0.25, 0.3) is 0 Å². The number of nitrogens with one attached hydrogen (secondary N) is 1. The van der Waals surface area contributed by atoms with E-state index in [1.165, 1.54) is 5.69 Å². The number of nitrogens with zero attached hydrogens (tertiary/aromatic N) is 1. The Balaban J connectivity index is 2.67. The van der Waals surface area contributed by atoms with E-state index in [2.05, 4.69) is 24.0 Å². The molecule has 2 heteroatoms. The first kappa shape index (κ1) is 11.8. The van der Waals surface area contributed by atoms with Crippen LogP contribution in [0.5, 0.6) is 0 Å². The fourth-order valence-corrected chi connectivity index (χ4v) is 1.46. The van der Waals surface area contributed by atoms with Gasteiger partial charge in [0, 0.05) is 25.5 Å². The summed E-state index contributed by atoms with van der Waals surface area (Å²) < 4.78 is 0. The summed E-state index contributed by atoms with van der Waals surface area (Å²) in [6.45, 7) is 2.16. The minimum absolute atomic E-state index is 0.752.